The third-order valence-corrected chi connectivity index (χ3v) is 9.01. The van der Waals surface area contributed by atoms with Crippen LogP contribution in [0.25, 0.3) is 0 Å². The van der Waals surface area contributed by atoms with E-state index in [-0.39, 0.29) is 47.6 Å². The molecule has 0 aromatic heterocycles. The fraction of sp³-hybridized carbons (Fsp3) is 0.654. The van der Waals surface area contributed by atoms with Crippen LogP contribution in [0, 0.1) is 34.5 Å². The number of fused-ring (bicyclic) bond motifs is 3. The summed E-state index contributed by atoms with van der Waals surface area (Å²) in [4.78, 5) is 37.9. The SMILES string of the molecule is C/C=C(/C)C(=O)O[C@H]1C(C)=C[C@]23C(=O)[C@@H](C=C(COC=O)[C@@H](O)[C@]12O)[C@H]1[C@@H](C[C@H]3C)C1(C)C. The van der Waals surface area contributed by atoms with Crippen LogP contribution in [0.4, 0.5) is 0 Å². The molecule has 2 bridgehead atoms. The number of ether oxygens (including phenoxy) is 2. The van der Waals surface area contributed by atoms with Gasteiger partial charge < -0.3 is 19.7 Å². The van der Waals surface area contributed by atoms with Crippen molar-refractivity contribution in [1.29, 1.82) is 0 Å². The van der Waals surface area contributed by atoms with Crippen LogP contribution in [0.2, 0.25) is 0 Å². The van der Waals surface area contributed by atoms with Gasteiger partial charge in [-0.1, -0.05) is 39.0 Å². The Kier molecular flexibility index (Phi) is 5.53. The van der Waals surface area contributed by atoms with Crippen LogP contribution >= 0.6 is 0 Å². The first-order valence-corrected chi connectivity index (χ1v) is 11.6. The largest absolute Gasteiger partial charge is 0.463 e. The molecule has 0 aliphatic heterocycles. The number of allylic oxidation sites excluding steroid dienone is 2. The number of hydrogen-bond donors (Lipinski definition) is 2. The molecule has 0 saturated heterocycles. The first kappa shape index (κ1) is 23.9. The quantitative estimate of drug-likeness (QED) is 0.282. The summed E-state index contributed by atoms with van der Waals surface area (Å²) in [6.07, 6.45) is 2.95. The summed E-state index contributed by atoms with van der Waals surface area (Å²) in [7, 11) is 0. The Labute approximate surface area is 194 Å². The van der Waals surface area contributed by atoms with E-state index in [1.165, 1.54) is 0 Å². The topological polar surface area (TPSA) is 110 Å². The average Bonchev–Trinajstić information content (AvgIpc) is 3.26. The van der Waals surface area contributed by atoms with Crippen LogP contribution in [0.3, 0.4) is 0 Å². The van der Waals surface area contributed by atoms with Gasteiger partial charge in [0.2, 0.25) is 0 Å². The molecule has 0 heterocycles. The maximum absolute atomic E-state index is 14.3. The van der Waals surface area contributed by atoms with Gasteiger partial charge in [-0.25, -0.2) is 4.79 Å². The molecule has 180 valence electrons. The number of aliphatic hydroxyl groups is 2. The zero-order valence-corrected chi connectivity index (χ0v) is 20.1. The molecule has 2 saturated carbocycles. The van der Waals surface area contributed by atoms with Crippen LogP contribution in [-0.2, 0) is 23.9 Å². The fourth-order valence-electron chi connectivity index (χ4n) is 7.03. The van der Waals surface area contributed by atoms with Gasteiger partial charge in [0.25, 0.3) is 6.47 Å². The van der Waals surface area contributed by atoms with Crippen molar-refractivity contribution in [1.82, 2.24) is 0 Å². The van der Waals surface area contributed by atoms with Crippen molar-refractivity contribution in [2.24, 2.45) is 34.5 Å². The Morgan fingerprint density at radius 1 is 1.33 bits per heavy atom. The van der Waals surface area contributed by atoms with Gasteiger partial charge in [-0.15, -0.1) is 0 Å². The van der Waals surface area contributed by atoms with Crippen LogP contribution in [-0.4, -0.2) is 52.9 Å². The third kappa shape index (κ3) is 2.98. The number of aliphatic hydroxyl groups excluding tert-OH is 1. The van der Waals surface area contributed by atoms with E-state index < -0.39 is 35.1 Å². The standard InChI is InChI=1S/C26H34O7/c1-7-13(2)23(30)33-22-14(3)10-25-15(4)8-18-19(24(18,5)6)17(21(25)29)9-16(11-32-12-27)20(28)26(22,25)31/h7,9-10,12,15,17-20,22,28,31H,8,11H2,1-6H3/b13-7-/t15-,17+,18-,19+,20-,22+,25+,26+/m1/s1. The Hall–Kier alpha value is -2.25. The minimum Gasteiger partial charge on any atom is -0.463 e. The predicted octanol–water partition coefficient (Wildman–Crippen LogP) is 2.51. The van der Waals surface area contributed by atoms with E-state index in [9.17, 15) is 24.6 Å². The van der Waals surface area contributed by atoms with Crippen molar-refractivity contribution in [2.45, 2.75) is 65.8 Å². The van der Waals surface area contributed by atoms with Crippen molar-refractivity contribution in [2.75, 3.05) is 6.61 Å². The second-order valence-corrected chi connectivity index (χ2v) is 10.9. The third-order valence-electron chi connectivity index (χ3n) is 9.01. The van der Waals surface area contributed by atoms with Crippen LogP contribution in [0.5, 0.6) is 0 Å². The number of ketones is 1. The summed E-state index contributed by atoms with van der Waals surface area (Å²) in [5.74, 6) is -1.29. The molecule has 4 aliphatic rings. The van der Waals surface area contributed by atoms with Gasteiger partial charge in [-0.3, -0.25) is 9.59 Å². The maximum Gasteiger partial charge on any atom is 0.334 e. The molecule has 0 unspecified atom stereocenters. The molecule has 2 fully saturated rings. The van der Waals surface area contributed by atoms with Crippen molar-refractivity contribution in [3.63, 3.8) is 0 Å². The van der Waals surface area contributed by atoms with Gasteiger partial charge in [-0.05, 0) is 61.5 Å². The predicted molar refractivity (Wildman–Crippen MR) is 120 cm³/mol. The van der Waals surface area contributed by atoms with E-state index in [1.54, 1.807) is 39.0 Å². The van der Waals surface area contributed by atoms with E-state index in [1.807, 2.05) is 6.92 Å². The zero-order valence-electron chi connectivity index (χ0n) is 20.1. The van der Waals surface area contributed by atoms with Crippen LogP contribution < -0.4 is 0 Å². The van der Waals surface area contributed by atoms with Gasteiger partial charge >= 0.3 is 5.97 Å². The summed E-state index contributed by atoms with van der Waals surface area (Å²) in [6.45, 7) is 11.3. The highest BCUT2D eigenvalue weighted by Gasteiger charge is 2.76. The minimum absolute atomic E-state index is 0.0526. The van der Waals surface area contributed by atoms with Crippen LogP contribution in [0.15, 0.2) is 34.9 Å². The number of esters is 1. The van der Waals surface area contributed by atoms with Gasteiger partial charge in [0.05, 0.1) is 5.41 Å². The Morgan fingerprint density at radius 2 is 2.00 bits per heavy atom. The lowest BCUT2D eigenvalue weighted by Gasteiger charge is -2.48. The molecule has 0 aromatic carbocycles. The zero-order chi connectivity index (χ0) is 24.5. The van der Waals surface area contributed by atoms with Crippen molar-refractivity contribution in [3.8, 4) is 0 Å². The van der Waals surface area contributed by atoms with E-state index in [0.29, 0.717) is 17.6 Å². The number of carbonyl (C=O) groups excluding carboxylic acids is 3. The van der Waals surface area contributed by atoms with Crippen molar-refractivity contribution >= 4 is 18.2 Å². The van der Waals surface area contributed by atoms with Gasteiger partial charge in [-0.2, -0.15) is 0 Å². The molecule has 7 heteroatoms. The molecule has 4 rings (SSSR count). The van der Waals surface area contributed by atoms with Crippen LogP contribution in [0.1, 0.15) is 48.0 Å². The highest BCUT2D eigenvalue weighted by atomic mass is 16.6. The molecule has 33 heavy (non-hydrogen) atoms. The molecular formula is C26H34O7. The summed E-state index contributed by atoms with van der Waals surface area (Å²) in [6, 6.07) is 0. The monoisotopic (exact) mass is 458 g/mol. The molecule has 0 aromatic rings. The summed E-state index contributed by atoms with van der Waals surface area (Å²) < 4.78 is 10.7. The number of hydrogen-bond acceptors (Lipinski definition) is 7. The van der Waals surface area contributed by atoms with Gasteiger partial charge in [0, 0.05) is 11.5 Å². The number of rotatable bonds is 5. The summed E-state index contributed by atoms with van der Waals surface area (Å²) in [5, 5.41) is 24.0. The molecule has 1 spiro atoms. The molecule has 8 atom stereocenters. The Morgan fingerprint density at radius 3 is 2.61 bits per heavy atom. The number of Topliss-reactive ketones (excluding diaryl/α,β-unsaturated/α-hetero) is 1. The summed E-state index contributed by atoms with van der Waals surface area (Å²) in [5.41, 5.74) is -2.46. The van der Waals surface area contributed by atoms with E-state index in [0.717, 1.165) is 0 Å². The second kappa shape index (κ2) is 7.64. The molecule has 0 radical (unpaired) electrons. The molecule has 2 N–H and O–H groups in total. The molecular weight excluding hydrogens is 424 g/mol. The summed E-state index contributed by atoms with van der Waals surface area (Å²) >= 11 is 0. The fourth-order valence-corrected chi connectivity index (χ4v) is 7.03. The van der Waals surface area contributed by atoms with E-state index >= 15 is 0 Å². The first-order chi connectivity index (χ1) is 15.4. The number of carbonyl (C=O) groups is 3. The lowest BCUT2D eigenvalue weighted by Crippen LogP contribution is -2.65. The average molecular weight is 459 g/mol. The Bertz CT molecular complexity index is 989. The second-order valence-electron chi connectivity index (χ2n) is 10.9. The van der Waals surface area contributed by atoms with E-state index in [2.05, 4.69) is 13.8 Å². The Balaban J connectivity index is 1.91. The lowest BCUT2D eigenvalue weighted by molar-refractivity contribution is -0.201. The highest BCUT2D eigenvalue weighted by Crippen LogP contribution is 2.71. The smallest absolute Gasteiger partial charge is 0.334 e. The van der Waals surface area contributed by atoms with E-state index in [4.69, 9.17) is 9.47 Å². The normalized spacial score (nSPS) is 43.3. The minimum atomic E-state index is -2.12. The van der Waals surface area contributed by atoms with Gasteiger partial charge in [0.15, 0.2) is 17.5 Å². The molecule has 4 aliphatic carbocycles. The first-order valence-electron chi connectivity index (χ1n) is 11.6. The highest BCUT2D eigenvalue weighted by molar-refractivity contribution is 5.96. The lowest BCUT2D eigenvalue weighted by atomic mass is 9.59. The van der Waals surface area contributed by atoms with Crippen molar-refractivity contribution < 1.29 is 34.1 Å². The maximum atomic E-state index is 14.3. The molecule has 7 nitrogen and oxygen atoms in total. The van der Waals surface area contributed by atoms with Crippen molar-refractivity contribution in [3.05, 3.63) is 34.9 Å². The molecule has 0 amide bonds. The van der Waals surface area contributed by atoms with Gasteiger partial charge in [0.1, 0.15) is 12.7 Å².